The van der Waals surface area contributed by atoms with Gasteiger partial charge in [0.15, 0.2) is 5.60 Å². The summed E-state index contributed by atoms with van der Waals surface area (Å²) in [5, 5.41) is 17.9. The first-order valence-electron chi connectivity index (χ1n) is 17.5. The predicted octanol–water partition coefficient (Wildman–Crippen LogP) is 2.81. The number of carbonyl (C=O) groups is 4. The van der Waals surface area contributed by atoms with Gasteiger partial charge in [0.1, 0.15) is 11.5 Å². The number of aryl methyl sites for hydroxylation is 2. The molecule has 6 heterocycles. The van der Waals surface area contributed by atoms with Crippen LogP contribution >= 0.6 is 0 Å². The molecule has 16 heteroatoms. The number of hydroxylamine groups is 2. The zero-order valence-electron chi connectivity index (χ0n) is 29.4. The van der Waals surface area contributed by atoms with Crippen LogP contribution in [-0.4, -0.2) is 76.1 Å². The first-order valence-corrected chi connectivity index (χ1v) is 17.5. The van der Waals surface area contributed by atoms with E-state index in [1.807, 2.05) is 0 Å². The normalized spacial score (nSPS) is 17.3. The van der Waals surface area contributed by atoms with Gasteiger partial charge in [-0.1, -0.05) is 6.07 Å². The molecule has 3 aromatic carbocycles. The van der Waals surface area contributed by atoms with Crippen molar-refractivity contribution in [1.82, 2.24) is 15.8 Å². The monoisotopic (exact) mass is 770 g/mol. The van der Waals surface area contributed by atoms with Crippen molar-refractivity contribution in [2.75, 3.05) is 36.0 Å². The van der Waals surface area contributed by atoms with Gasteiger partial charge in [0, 0.05) is 102 Å². The Labute approximate surface area is 316 Å². The van der Waals surface area contributed by atoms with E-state index in [4.69, 9.17) is 14.7 Å². The zero-order chi connectivity index (χ0) is 35.8. The van der Waals surface area contributed by atoms with Gasteiger partial charge < -0.3 is 24.7 Å². The minimum Gasteiger partial charge on any atom is -0.456 e. The van der Waals surface area contributed by atoms with Crippen LogP contribution in [0, 0.1) is 0 Å². The molecular formula is C37H42FeN6O9. The Balaban J connectivity index is 0.000000558. The number of ether oxygens (including phenoxy) is 2. The summed E-state index contributed by atoms with van der Waals surface area (Å²) >= 11 is 0. The van der Waals surface area contributed by atoms with Crippen LogP contribution in [0.5, 0.6) is 11.5 Å². The SMILES string of the molecule is CC(=O)N(N)O.CC(=O)N(O)NC(=O)c1ccc2c(c1)C(=O)OC21c2cc3c4c(c2Oc2c1cc1c5c2CCCN5CCC1)CCCN4CCC3.O.[Fe]. The first kappa shape index (κ1) is 38.0. The second kappa shape index (κ2) is 14.3. The number of hydrazine groups is 2. The smallest absolute Gasteiger partial charge is 0.340 e. The number of benzene rings is 3. The summed E-state index contributed by atoms with van der Waals surface area (Å²) < 4.78 is 13.8. The number of amides is 3. The van der Waals surface area contributed by atoms with Gasteiger partial charge in [0.2, 0.25) is 0 Å². The van der Waals surface area contributed by atoms with E-state index in [1.165, 1.54) is 39.7 Å². The Morgan fingerprint density at radius 3 is 1.75 bits per heavy atom. The van der Waals surface area contributed by atoms with E-state index in [0.29, 0.717) is 5.56 Å². The fourth-order valence-corrected chi connectivity index (χ4v) is 8.72. The molecule has 7 N–H and O–H groups in total. The molecule has 6 aliphatic rings. The Kier molecular flexibility index (Phi) is 10.2. The van der Waals surface area contributed by atoms with Crippen molar-refractivity contribution in [2.24, 2.45) is 5.84 Å². The molecule has 3 aromatic rings. The molecule has 282 valence electrons. The molecular weight excluding hydrogens is 728 g/mol. The van der Waals surface area contributed by atoms with Crippen molar-refractivity contribution in [3.63, 3.8) is 0 Å². The molecule has 0 bridgehead atoms. The molecule has 15 nitrogen and oxygen atoms in total. The molecule has 0 aliphatic carbocycles. The van der Waals surface area contributed by atoms with Crippen LogP contribution in [0.2, 0.25) is 0 Å². The van der Waals surface area contributed by atoms with Crippen molar-refractivity contribution >= 4 is 35.1 Å². The Morgan fingerprint density at radius 2 is 1.28 bits per heavy atom. The maximum absolute atomic E-state index is 14.0. The number of anilines is 2. The van der Waals surface area contributed by atoms with E-state index >= 15 is 0 Å². The molecule has 0 radical (unpaired) electrons. The van der Waals surface area contributed by atoms with E-state index in [1.54, 1.807) is 12.1 Å². The molecule has 0 saturated heterocycles. The van der Waals surface area contributed by atoms with Gasteiger partial charge in [-0.25, -0.2) is 16.1 Å². The van der Waals surface area contributed by atoms with Gasteiger partial charge in [0.25, 0.3) is 17.7 Å². The second-order valence-electron chi connectivity index (χ2n) is 13.9. The maximum atomic E-state index is 14.0. The summed E-state index contributed by atoms with van der Waals surface area (Å²) in [5.41, 5.74) is 11.2. The van der Waals surface area contributed by atoms with Crippen LogP contribution in [0.3, 0.4) is 0 Å². The van der Waals surface area contributed by atoms with Gasteiger partial charge in [-0.05, 0) is 86.8 Å². The topological polar surface area (TPSA) is 210 Å². The second-order valence-corrected chi connectivity index (χ2v) is 13.9. The fraction of sp³-hybridized carbons (Fsp3) is 0.405. The van der Waals surface area contributed by atoms with E-state index in [9.17, 15) is 24.4 Å². The third kappa shape index (κ3) is 5.99. The minimum atomic E-state index is -1.23. The third-order valence-corrected chi connectivity index (χ3v) is 10.9. The maximum Gasteiger partial charge on any atom is 0.340 e. The molecule has 0 saturated carbocycles. The van der Waals surface area contributed by atoms with Crippen LogP contribution in [0.25, 0.3) is 0 Å². The predicted molar refractivity (Wildman–Crippen MR) is 186 cm³/mol. The van der Waals surface area contributed by atoms with Gasteiger partial charge >= 0.3 is 5.97 Å². The molecule has 0 aromatic heterocycles. The van der Waals surface area contributed by atoms with Gasteiger partial charge in [-0.2, -0.15) is 5.17 Å². The Hall–Kier alpha value is -4.70. The van der Waals surface area contributed by atoms with Gasteiger partial charge in [0.05, 0.1) is 5.56 Å². The van der Waals surface area contributed by atoms with Crippen molar-refractivity contribution < 1.29 is 61.6 Å². The van der Waals surface area contributed by atoms with Crippen molar-refractivity contribution in [2.45, 2.75) is 70.8 Å². The van der Waals surface area contributed by atoms with E-state index in [0.717, 1.165) is 114 Å². The molecule has 1 spiro atoms. The number of hydrogen-bond acceptors (Lipinski definition) is 11. The largest absolute Gasteiger partial charge is 0.456 e. The number of nitrogens with one attached hydrogen (secondary N) is 1. The van der Waals surface area contributed by atoms with Crippen LogP contribution in [-0.2, 0) is 62.7 Å². The summed E-state index contributed by atoms with van der Waals surface area (Å²) in [6.07, 6.45) is 7.91. The van der Waals surface area contributed by atoms with Crippen molar-refractivity contribution in [3.05, 3.63) is 80.4 Å². The molecule has 6 aliphatic heterocycles. The quantitative estimate of drug-likeness (QED) is 0.0706. The summed E-state index contributed by atoms with van der Waals surface area (Å²) in [5.74, 6) is 3.53. The van der Waals surface area contributed by atoms with Gasteiger partial charge in [-0.3, -0.25) is 24.8 Å². The van der Waals surface area contributed by atoms with Crippen LogP contribution < -0.4 is 25.8 Å². The molecule has 0 fully saturated rings. The molecule has 3 amide bonds. The molecule has 0 atom stereocenters. The zero-order valence-corrected chi connectivity index (χ0v) is 30.5. The standard InChI is InChI=1S/C35H34N4O6.C2H6N2O2.Fe.H2O/c1-19(40)39(43)36-33(41)22-10-11-26-25(16-22)34(42)45-35(26)27-17-20-6-2-12-37-14-4-8-23(29(20)37)31(27)44-32-24-9-5-15-38-13-3-7-21(30(24)38)18-28(32)35;1-2(5)4(3)6;;/h10-11,16-18,43H,2-9,12-15H2,1H3,(H,36,41);6H,3H2,1H3;;1H2. The Bertz CT molecular complexity index is 1950. The van der Waals surface area contributed by atoms with Crippen molar-refractivity contribution in [3.8, 4) is 11.5 Å². The number of esters is 1. The fourth-order valence-electron chi connectivity index (χ4n) is 8.72. The van der Waals surface area contributed by atoms with Crippen molar-refractivity contribution in [1.29, 1.82) is 0 Å². The van der Waals surface area contributed by atoms with Crippen LogP contribution in [0.15, 0.2) is 30.3 Å². The molecule has 53 heavy (non-hydrogen) atoms. The number of rotatable bonds is 1. The number of hydrogen-bond donors (Lipinski definition) is 4. The first-order chi connectivity index (χ1) is 24.5. The average Bonchev–Trinajstić information content (AvgIpc) is 3.41. The summed E-state index contributed by atoms with van der Waals surface area (Å²) in [4.78, 5) is 53.1. The average molecular weight is 771 g/mol. The number of carbonyl (C=O) groups excluding carboxylic acids is 4. The van der Waals surface area contributed by atoms with Gasteiger partial charge in [-0.15, -0.1) is 5.17 Å². The molecule has 0 unspecified atom stereocenters. The molecule has 9 rings (SSSR count). The van der Waals surface area contributed by atoms with E-state index < -0.39 is 29.3 Å². The number of fused-ring (bicyclic) bond motifs is 8. The van der Waals surface area contributed by atoms with Crippen LogP contribution in [0.1, 0.15) is 99.2 Å². The number of nitrogens with two attached hydrogens (primary N) is 1. The van der Waals surface area contributed by atoms with E-state index in [2.05, 4.69) is 33.2 Å². The Morgan fingerprint density at radius 1 is 0.792 bits per heavy atom. The minimum absolute atomic E-state index is 0. The summed E-state index contributed by atoms with van der Waals surface area (Å²) in [7, 11) is 0. The summed E-state index contributed by atoms with van der Waals surface area (Å²) in [6.45, 7) is 6.41. The van der Waals surface area contributed by atoms with E-state index in [-0.39, 0.29) is 44.0 Å². The van der Waals surface area contributed by atoms with Crippen LogP contribution in [0.4, 0.5) is 11.4 Å². The third-order valence-electron chi connectivity index (χ3n) is 10.9. The number of nitrogens with zero attached hydrogens (tertiary/aromatic N) is 4. The summed E-state index contributed by atoms with van der Waals surface area (Å²) in [6, 6.07) is 9.34.